The number of hydrogen-bond donors (Lipinski definition) is 1. The van der Waals surface area contributed by atoms with E-state index in [4.69, 9.17) is 4.42 Å². The fraction of sp³-hybridized carbons (Fsp3) is 0.188. The topological polar surface area (TPSA) is 46.3 Å². The molecule has 0 aliphatic heterocycles. The van der Waals surface area contributed by atoms with Crippen LogP contribution in [0.2, 0.25) is 0 Å². The van der Waals surface area contributed by atoms with Gasteiger partial charge in [-0.25, -0.2) is 4.98 Å². The van der Waals surface area contributed by atoms with Gasteiger partial charge in [-0.2, -0.15) is 13.2 Å². The number of nitrogens with zero attached hydrogens (tertiary/aromatic N) is 1. The maximum atomic E-state index is 12.5. The van der Waals surface area contributed by atoms with Crippen LogP contribution in [0.1, 0.15) is 17.2 Å². The maximum absolute atomic E-state index is 12.5. The number of thioether (sulfide) groups is 1. The Morgan fingerprint density at radius 3 is 2.43 bits per heavy atom. The van der Waals surface area contributed by atoms with E-state index in [9.17, 15) is 18.3 Å². The van der Waals surface area contributed by atoms with Gasteiger partial charge >= 0.3 is 6.18 Å². The van der Waals surface area contributed by atoms with Crippen LogP contribution in [-0.4, -0.2) is 15.8 Å². The first-order valence-electron chi connectivity index (χ1n) is 6.77. The molecule has 0 bridgehead atoms. The summed E-state index contributed by atoms with van der Waals surface area (Å²) in [5.74, 6) is 0.234. The van der Waals surface area contributed by atoms with Gasteiger partial charge in [0.05, 0.1) is 11.7 Å². The van der Waals surface area contributed by atoms with Crippen LogP contribution in [0.3, 0.4) is 0 Å². The van der Waals surface area contributed by atoms with E-state index in [1.807, 2.05) is 18.2 Å². The molecule has 1 heterocycles. The van der Waals surface area contributed by atoms with Gasteiger partial charge in [0.2, 0.25) is 0 Å². The van der Waals surface area contributed by atoms with Gasteiger partial charge in [-0.1, -0.05) is 36.0 Å². The summed E-state index contributed by atoms with van der Waals surface area (Å²) in [7, 11) is 0. The van der Waals surface area contributed by atoms with Gasteiger partial charge in [0.25, 0.3) is 5.22 Å². The summed E-state index contributed by atoms with van der Waals surface area (Å²) in [6.45, 7) is 0. The Hall–Kier alpha value is -1.99. The van der Waals surface area contributed by atoms with Crippen LogP contribution in [0.15, 0.2) is 58.2 Å². The molecule has 3 aromatic rings. The third-order valence-corrected chi connectivity index (χ3v) is 4.17. The molecule has 0 aliphatic rings. The second-order valence-corrected chi connectivity index (χ2v) is 5.87. The Kier molecular flexibility index (Phi) is 4.32. The molecule has 1 atom stereocenters. The van der Waals surface area contributed by atoms with Crippen LogP contribution in [0.5, 0.6) is 0 Å². The molecular formula is C16H12F3NO2S. The molecule has 1 N–H and O–H groups in total. The zero-order chi connectivity index (χ0) is 16.4. The molecule has 0 radical (unpaired) electrons. The van der Waals surface area contributed by atoms with Crippen LogP contribution in [0.25, 0.3) is 11.1 Å². The average molecular weight is 339 g/mol. The van der Waals surface area contributed by atoms with E-state index >= 15 is 0 Å². The summed E-state index contributed by atoms with van der Waals surface area (Å²) in [5, 5.41) is 10.5. The van der Waals surface area contributed by atoms with Crippen molar-refractivity contribution in [1.29, 1.82) is 0 Å². The second-order valence-electron chi connectivity index (χ2n) is 4.89. The standard InChI is InChI=1S/C16H12F3NO2S/c17-16(18,19)11-7-5-10(6-8-11)13(21)9-23-15-20-12-3-1-2-4-14(12)22-15/h1-8,13,21H,9H2/t13-/m1/s1. The summed E-state index contributed by atoms with van der Waals surface area (Å²) in [6, 6.07) is 11.8. The van der Waals surface area contributed by atoms with Crippen molar-refractivity contribution in [2.75, 3.05) is 5.75 Å². The molecule has 0 unspecified atom stereocenters. The molecule has 23 heavy (non-hydrogen) atoms. The molecule has 0 saturated carbocycles. The fourth-order valence-corrected chi connectivity index (χ4v) is 2.86. The van der Waals surface area contributed by atoms with Gasteiger partial charge < -0.3 is 9.52 Å². The number of fused-ring (bicyclic) bond motifs is 1. The number of aliphatic hydroxyl groups is 1. The van der Waals surface area contributed by atoms with Gasteiger partial charge in [-0.05, 0) is 29.8 Å². The number of alkyl halides is 3. The van der Waals surface area contributed by atoms with Crippen LogP contribution in [-0.2, 0) is 6.18 Å². The van der Waals surface area contributed by atoms with Crippen LogP contribution in [0.4, 0.5) is 13.2 Å². The van der Waals surface area contributed by atoms with E-state index in [2.05, 4.69) is 4.98 Å². The van der Waals surface area contributed by atoms with Crippen molar-refractivity contribution >= 4 is 22.9 Å². The SMILES string of the molecule is O[C@H](CSc1nc2ccccc2o1)c1ccc(C(F)(F)F)cc1. The Labute approximate surface area is 134 Å². The number of para-hydroxylation sites is 2. The monoisotopic (exact) mass is 339 g/mol. The molecule has 1 aromatic heterocycles. The third kappa shape index (κ3) is 3.68. The number of halogens is 3. The molecule has 3 rings (SSSR count). The molecule has 0 amide bonds. The zero-order valence-electron chi connectivity index (χ0n) is 11.7. The van der Waals surface area contributed by atoms with Crippen molar-refractivity contribution in [3.05, 3.63) is 59.7 Å². The lowest BCUT2D eigenvalue weighted by molar-refractivity contribution is -0.137. The predicted molar refractivity (Wildman–Crippen MR) is 81.1 cm³/mol. The van der Waals surface area contributed by atoms with Gasteiger partial charge in [-0.3, -0.25) is 0 Å². The van der Waals surface area contributed by atoms with Crippen molar-refractivity contribution < 1.29 is 22.7 Å². The highest BCUT2D eigenvalue weighted by Gasteiger charge is 2.30. The number of hydrogen-bond acceptors (Lipinski definition) is 4. The number of benzene rings is 2. The lowest BCUT2D eigenvalue weighted by Gasteiger charge is -2.11. The molecule has 120 valence electrons. The minimum atomic E-state index is -4.38. The second kappa shape index (κ2) is 6.25. The summed E-state index contributed by atoms with van der Waals surface area (Å²) in [5.41, 5.74) is 1.06. The largest absolute Gasteiger partial charge is 0.431 e. The number of aromatic nitrogens is 1. The van der Waals surface area contributed by atoms with E-state index in [1.54, 1.807) is 6.07 Å². The Bertz CT molecular complexity index is 766. The molecule has 2 aromatic carbocycles. The van der Waals surface area contributed by atoms with E-state index in [0.29, 0.717) is 16.4 Å². The molecule has 0 saturated heterocycles. The molecule has 0 fully saturated rings. The summed E-state index contributed by atoms with van der Waals surface area (Å²) >= 11 is 1.21. The quantitative estimate of drug-likeness (QED) is 0.702. The Morgan fingerprint density at radius 2 is 1.78 bits per heavy atom. The van der Waals surface area contributed by atoms with Crippen LogP contribution < -0.4 is 0 Å². The van der Waals surface area contributed by atoms with Crippen LogP contribution >= 0.6 is 11.8 Å². The normalized spacial score (nSPS) is 13.4. The molecule has 0 aliphatic carbocycles. The number of oxazole rings is 1. The maximum Gasteiger partial charge on any atom is 0.416 e. The third-order valence-electron chi connectivity index (χ3n) is 3.26. The predicted octanol–water partition coefficient (Wildman–Crippen LogP) is 4.67. The van der Waals surface area contributed by atoms with E-state index in [-0.39, 0.29) is 5.75 Å². The number of rotatable bonds is 4. The minimum Gasteiger partial charge on any atom is -0.431 e. The van der Waals surface area contributed by atoms with E-state index in [1.165, 1.54) is 23.9 Å². The average Bonchev–Trinajstić information content (AvgIpc) is 2.95. The van der Waals surface area contributed by atoms with Gasteiger partial charge in [0.15, 0.2) is 5.58 Å². The van der Waals surface area contributed by atoms with Crippen molar-refractivity contribution in [3.8, 4) is 0 Å². The zero-order valence-corrected chi connectivity index (χ0v) is 12.6. The molecule has 0 spiro atoms. The number of aliphatic hydroxyl groups excluding tert-OH is 1. The van der Waals surface area contributed by atoms with Crippen molar-refractivity contribution in [2.24, 2.45) is 0 Å². The van der Waals surface area contributed by atoms with Crippen molar-refractivity contribution in [3.63, 3.8) is 0 Å². The first kappa shape index (κ1) is 15.9. The Morgan fingerprint density at radius 1 is 1.09 bits per heavy atom. The highest BCUT2D eigenvalue weighted by molar-refractivity contribution is 7.99. The molecule has 3 nitrogen and oxygen atoms in total. The van der Waals surface area contributed by atoms with Crippen LogP contribution in [0, 0.1) is 0 Å². The molecule has 7 heteroatoms. The van der Waals surface area contributed by atoms with Gasteiger partial charge in [0, 0.05) is 5.75 Å². The summed E-state index contributed by atoms with van der Waals surface area (Å²) in [4.78, 5) is 4.26. The van der Waals surface area contributed by atoms with E-state index in [0.717, 1.165) is 17.6 Å². The minimum absolute atomic E-state index is 0.234. The van der Waals surface area contributed by atoms with E-state index < -0.39 is 17.8 Å². The summed E-state index contributed by atoms with van der Waals surface area (Å²) in [6.07, 6.45) is -5.28. The van der Waals surface area contributed by atoms with Crippen molar-refractivity contribution in [2.45, 2.75) is 17.5 Å². The lowest BCUT2D eigenvalue weighted by Crippen LogP contribution is -2.06. The first-order valence-corrected chi connectivity index (χ1v) is 7.75. The van der Waals surface area contributed by atoms with Gasteiger partial charge in [-0.15, -0.1) is 0 Å². The lowest BCUT2D eigenvalue weighted by atomic mass is 10.1. The fourth-order valence-electron chi connectivity index (χ4n) is 2.05. The smallest absolute Gasteiger partial charge is 0.416 e. The Balaban J connectivity index is 1.65. The molecular weight excluding hydrogens is 327 g/mol. The van der Waals surface area contributed by atoms with Gasteiger partial charge in [0.1, 0.15) is 5.52 Å². The van der Waals surface area contributed by atoms with Crippen molar-refractivity contribution in [1.82, 2.24) is 4.98 Å². The first-order chi connectivity index (χ1) is 10.9. The summed E-state index contributed by atoms with van der Waals surface area (Å²) < 4.78 is 43.0. The highest BCUT2D eigenvalue weighted by Crippen LogP contribution is 2.31. The highest BCUT2D eigenvalue weighted by atomic mass is 32.2.